The van der Waals surface area contributed by atoms with Crippen LogP contribution in [-0.2, 0) is 17.8 Å². The molecule has 2 atom stereocenters. The van der Waals surface area contributed by atoms with Gasteiger partial charge in [-0.1, -0.05) is 53.6 Å². The number of fused-ring (bicyclic) bond motifs is 1. The monoisotopic (exact) mass is 513 g/mol. The summed E-state index contributed by atoms with van der Waals surface area (Å²) in [5.74, 6) is -0.986. The van der Waals surface area contributed by atoms with Gasteiger partial charge in [-0.15, -0.1) is 0 Å². The van der Waals surface area contributed by atoms with Crippen LogP contribution in [-0.4, -0.2) is 27.0 Å². The van der Waals surface area contributed by atoms with Gasteiger partial charge in [0.25, 0.3) is 5.91 Å². The zero-order chi connectivity index (χ0) is 25.9. The molecular formula is C30H28ClN3O3. The molecule has 0 saturated heterocycles. The standard InChI is InChI=1S/C30H28ClN3O3/c1-18-2-4-19(5-3-18)17-32-29(35)22-10-13-25-26(16-22)33-27(15-20-6-7-23(14-20)30(36)37)28(34-25)21-8-11-24(31)12-9-21/h2-5,8-13,16,20,23H,6-7,14-15,17H2,1H3,(H,32,35)(H,36,37). The van der Waals surface area contributed by atoms with Crippen LogP contribution in [0.1, 0.15) is 46.4 Å². The number of amides is 1. The van der Waals surface area contributed by atoms with Crippen LogP contribution < -0.4 is 5.32 Å². The van der Waals surface area contributed by atoms with Crippen molar-refractivity contribution in [3.05, 3.63) is 94.1 Å². The van der Waals surface area contributed by atoms with Crippen LogP contribution in [0.2, 0.25) is 5.02 Å². The van der Waals surface area contributed by atoms with Gasteiger partial charge in [0.1, 0.15) is 0 Å². The predicted octanol–water partition coefficient (Wildman–Crippen LogP) is 6.23. The number of aryl methyl sites for hydroxylation is 1. The molecule has 0 radical (unpaired) electrons. The summed E-state index contributed by atoms with van der Waals surface area (Å²) in [7, 11) is 0. The summed E-state index contributed by atoms with van der Waals surface area (Å²) < 4.78 is 0. The van der Waals surface area contributed by atoms with Crippen molar-refractivity contribution < 1.29 is 14.7 Å². The topological polar surface area (TPSA) is 92.2 Å². The third kappa shape index (κ3) is 5.81. The summed E-state index contributed by atoms with van der Waals surface area (Å²) in [6.07, 6.45) is 2.80. The first-order chi connectivity index (χ1) is 17.9. The molecule has 188 valence electrons. The van der Waals surface area contributed by atoms with E-state index < -0.39 is 5.97 Å². The van der Waals surface area contributed by atoms with Gasteiger partial charge in [0.15, 0.2) is 0 Å². The highest BCUT2D eigenvalue weighted by atomic mass is 35.5. The van der Waals surface area contributed by atoms with E-state index in [-0.39, 0.29) is 17.7 Å². The molecule has 3 aromatic carbocycles. The minimum absolute atomic E-state index is 0.173. The summed E-state index contributed by atoms with van der Waals surface area (Å²) in [4.78, 5) is 34.2. The molecule has 1 aromatic heterocycles. The summed E-state index contributed by atoms with van der Waals surface area (Å²) in [6, 6.07) is 20.9. The Labute approximate surface area is 220 Å². The Morgan fingerprint density at radius 1 is 0.973 bits per heavy atom. The van der Waals surface area contributed by atoms with Gasteiger partial charge >= 0.3 is 5.97 Å². The Hall–Kier alpha value is -3.77. The van der Waals surface area contributed by atoms with Crippen LogP contribution >= 0.6 is 11.6 Å². The molecule has 1 aliphatic rings. The van der Waals surface area contributed by atoms with E-state index in [1.54, 1.807) is 12.1 Å². The van der Waals surface area contributed by atoms with Crippen molar-refractivity contribution in [2.24, 2.45) is 11.8 Å². The van der Waals surface area contributed by atoms with E-state index >= 15 is 0 Å². The summed E-state index contributed by atoms with van der Waals surface area (Å²) in [5, 5.41) is 13.0. The van der Waals surface area contributed by atoms with E-state index in [1.165, 1.54) is 5.56 Å². The average Bonchev–Trinajstić information content (AvgIpc) is 3.37. The first-order valence-corrected chi connectivity index (χ1v) is 12.9. The second-order valence-corrected chi connectivity index (χ2v) is 10.3. The fourth-order valence-electron chi connectivity index (χ4n) is 4.96. The number of rotatable bonds is 7. The number of nitrogens with zero attached hydrogens (tertiary/aromatic N) is 2. The minimum Gasteiger partial charge on any atom is -0.481 e. The third-order valence-corrected chi connectivity index (χ3v) is 7.31. The van der Waals surface area contributed by atoms with E-state index in [1.807, 2.05) is 61.5 Å². The molecule has 0 aliphatic heterocycles. The predicted molar refractivity (Wildman–Crippen MR) is 145 cm³/mol. The molecule has 1 heterocycles. The average molecular weight is 514 g/mol. The van der Waals surface area contributed by atoms with Crippen molar-refractivity contribution >= 4 is 34.5 Å². The summed E-state index contributed by atoms with van der Waals surface area (Å²) in [6.45, 7) is 2.47. The van der Waals surface area contributed by atoms with Crippen LogP contribution in [0.15, 0.2) is 66.7 Å². The number of carboxylic acid groups (broad SMARTS) is 1. The first kappa shape index (κ1) is 24.9. The van der Waals surface area contributed by atoms with Crippen molar-refractivity contribution in [2.75, 3.05) is 0 Å². The third-order valence-electron chi connectivity index (χ3n) is 7.06. The van der Waals surface area contributed by atoms with Gasteiger partial charge in [0.05, 0.1) is 28.3 Å². The maximum absolute atomic E-state index is 12.9. The molecule has 1 saturated carbocycles. The number of carboxylic acids is 1. The van der Waals surface area contributed by atoms with Crippen molar-refractivity contribution in [3.63, 3.8) is 0 Å². The zero-order valence-corrected chi connectivity index (χ0v) is 21.3. The molecule has 6 nitrogen and oxygen atoms in total. The minimum atomic E-state index is -0.730. The summed E-state index contributed by atoms with van der Waals surface area (Å²) >= 11 is 6.11. The van der Waals surface area contributed by atoms with E-state index in [0.717, 1.165) is 28.9 Å². The van der Waals surface area contributed by atoms with Gasteiger partial charge in [0.2, 0.25) is 0 Å². The molecular weight excluding hydrogens is 486 g/mol. The van der Waals surface area contributed by atoms with Crippen molar-refractivity contribution in [1.29, 1.82) is 0 Å². The van der Waals surface area contributed by atoms with Crippen LogP contribution in [0.4, 0.5) is 0 Å². The Bertz CT molecular complexity index is 1450. The number of hydrogen-bond donors (Lipinski definition) is 2. The van der Waals surface area contributed by atoms with Gasteiger partial charge in [-0.2, -0.15) is 0 Å². The fourth-order valence-corrected chi connectivity index (χ4v) is 5.09. The SMILES string of the molecule is Cc1ccc(CNC(=O)c2ccc3nc(-c4ccc(Cl)cc4)c(CC4CCC(C(=O)O)C4)nc3c2)cc1. The van der Waals surface area contributed by atoms with Gasteiger partial charge < -0.3 is 10.4 Å². The van der Waals surface area contributed by atoms with E-state index in [9.17, 15) is 14.7 Å². The van der Waals surface area contributed by atoms with Crippen molar-refractivity contribution in [2.45, 2.75) is 39.2 Å². The van der Waals surface area contributed by atoms with Gasteiger partial charge in [-0.05, 0) is 74.4 Å². The van der Waals surface area contributed by atoms with Crippen molar-refractivity contribution in [3.8, 4) is 11.3 Å². The second-order valence-electron chi connectivity index (χ2n) is 9.82. The molecule has 0 bridgehead atoms. The number of aliphatic carboxylic acids is 1. The molecule has 0 spiro atoms. The lowest BCUT2D eigenvalue weighted by molar-refractivity contribution is -0.141. The largest absolute Gasteiger partial charge is 0.481 e. The van der Waals surface area contributed by atoms with Gasteiger partial charge in [0, 0.05) is 22.7 Å². The maximum Gasteiger partial charge on any atom is 0.306 e. The van der Waals surface area contributed by atoms with Crippen molar-refractivity contribution in [1.82, 2.24) is 15.3 Å². The Kier molecular flexibility index (Phi) is 7.19. The van der Waals surface area contributed by atoms with Crippen LogP contribution in [0.25, 0.3) is 22.3 Å². The second kappa shape index (κ2) is 10.7. The van der Waals surface area contributed by atoms with E-state index in [0.29, 0.717) is 47.4 Å². The van der Waals surface area contributed by atoms with Gasteiger partial charge in [-0.3, -0.25) is 9.59 Å². The number of carbonyl (C=O) groups is 2. The molecule has 2 N–H and O–H groups in total. The maximum atomic E-state index is 12.9. The molecule has 2 unspecified atom stereocenters. The number of carbonyl (C=O) groups excluding carboxylic acids is 1. The smallest absolute Gasteiger partial charge is 0.306 e. The highest BCUT2D eigenvalue weighted by Gasteiger charge is 2.30. The number of aromatic nitrogens is 2. The number of hydrogen-bond acceptors (Lipinski definition) is 4. The Morgan fingerprint density at radius 3 is 2.43 bits per heavy atom. The highest BCUT2D eigenvalue weighted by molar-refractivity contribution is 6.30. The lowest BCUT2D eigenvalue weighted by atomic mass is 9.96. The van der Waals surface area contributed by atoms with Crippen LogP contribution in [0.5, 0.6) is 0 Å². The molecule has 1 amide bonds. The quantitative estimate of drug-likeness (QED) is 0.305. The number of nitrogens with one attached hydrogen (secondary N) is 1. The summed E-state index contributed by atoms with van der Waals surface area (Å²) in [5.41, 5.74) is 6.54. The molecule has 4 aromatic rings. The lowest BCUT2D eigenvalue weighted by Gasteiger charge is -2.15. The molecule has 1 aliphatic carbocycles. The van der Waals surface area contributed by atoms with Crippen LogP contribution in [0.3, 0.4) is 0 Å². The molecule has 5 rings (SSSR count). The Balaban J connectivity index is 1.44. The lowest BCUT2D eigenvalue weighted by Crippen LogP contribution is -2.22. The molecule has 37 heavy (non-hydrogen) atoms. The molecule has 7 heteroatoms. The zero-order valence-electron chi connectivity index (χ0n) is 20.6. The normalized spacial score (nSPS) is 17.1. The van der Waals surface area contributed by atoms with E-state index in [2.05, 4.69) is 5.32 Å². The molecule has 1 fully saturated rings. The van der Waals surface area contributed by atoms with E-state index in [4.69, 9.17) is 21.6 Å². The van der Waals surface area contributed by atoms with Gasteiger partial charge in [-0.25, -0.2) is 9.97 Å². The van der Waals surface area contributed by atoms with Crippen LogP contribution in [0, 0.1) is 18.8 Å². The number of benzene rings is 3. The highest BCUT2D eigenvalue weighted by Crippen LogP contribution is 2.35. The Morgan fingerprint density at radius 2 is 1.73 bits per heavy atom. The fraction of sp³-hybridized carbons (Fsp3) is 0.267. The number of halogens is 1. The first-order valence-electron chi connectivity index (χ1n) is 12.5.